The summed E-state index contributed by atoms with van der Waals surface area (Å²) in [4.78, 5) is 27.9. The van der Waals surface area contributed by atoms with Crippen LogP contribution in [0.15, 0.2) is 34.3 Å². The quantitative estimate of drug-likeness (QED) is 0.723. The summed E-state index contributed by atoms with van der Waals surface area (Å²) in [5, 5.41) is 16.8. The van der Waals surface area contributed by atoms with Crippen LogP contribution in [-0.2, 0) is 9.59 Å². The van der Waals surface area contributed by atoms with Crippen molar-refractivity contribution in [3.8, 4) is 0 Å². The van der Waals surface area contributed by atoms with E-state index in [9.17, 15) is 9.59 Å². The first kappa shape index (κ1) is 13.6. The number of hydrogen-bond acceptors (Lipinski definition) is 4. The summed E-state index contributed by atoms with van der Waals surface area (Å²) in [6.45, 7) is -0.524. The Morgan fingerprint density at radius 3 is 1.50 bits per heavy atom. The molecule has 0 fully saturated rings. The number of nitrogens with zero attached hydrogens (tertiary/aromatic N) is 2. The SMILES string of the molecule is O=C(O)CN=Cc1ccc(C=NCC(=O)O)cc1. The Morgan fingerprint density at radius 1 is 0.889 bits per heavy atom. The highest BCUT2D eigenvalue weighted by molar-refractivity contribution is 5.85. The predicted molar refractivity (Wildman–Crippen MR) is 66.6 cm³/mol. The lowest BCUT2D eigenvalue weighted by atomic mass is 10.1. The minimum Gasteiger partial charge on any atom is -0.480 e. The molecule has 0 unspecified atom stereocenters. The fraction of sp³-hybridized carbons (Fsp3) is 0.167. The molecule has 0 aliphatic rings. The Hall–Kier alpha value is -2.50. The molecular weight excluding hydrogens is 236 g/mol. The van der Waals surface area contributed by atoms with Gasteiger partial charge in [-0.05, 0) is 11.1 Å². The Bertz CT molecular complexity index is 432. The summed E-state index contributed by atoms with van der Waals surface area (Å²) in [6, 6.07) is 6.97. The zero-order chi connectivity index (χ0) is 13.4. The Balaban J connectivity index is 2.57. The number of rotatable bonds is 6. The number of carboxylic acids is 2. The highest BCUT2D eigenvalue weighted by Crippen LogP contribution is 2.00. The number of hydrogen-bond donors (Lipinski definition) is 2. The maximum atomic E-state index is 10.2. The lowest BCUT2D eigenvalue weighted by Gasteiger charge is -1.95. The monoisotopic (exact) mass is 248 g/mol. The van der Waals surface area contributed by atoms with E-state index in [1.54, 1.807) is 24.3 Å². The van der Waals surface area contributed by atoms with Gasteiger partial charge in [0, 0.05) is 12.4 Å². The van der Waals surface area contributed by atoms with E-state index >= 15 is 0 Å². The molecule has 0 atom stereocenters. The Morgan fingerprint density at radius 2 is 1.22 bits per heavy atom. The van der Waals surface area contributed by atoms with Crippen LogP contribution in [0, 0.1) is 0 Å². The van der Waals surface area contributed by atoms with Crippen LogP contribution in [0.25, 0.3) is 0 Å². The van der Waals surface area contributed by atoms with Crippen molar-refractivity contribution in [3.63, 3.8) is 0 Å². The average Bonchev–Trinajstić information content (AvgIpc) is 2.30. The van der Waals surface area contributed by atoms with Gasteiger partial charge < -0.3 is 10.2 Å². The van der Waals surface area contributed by atoms with E-state index in [0.717, 1.165) is 11.1 Å². The minimum atomic E-state index is -0.983. The molecule has 1 rings (SSSR count). The molecule has 1 aromatic rings. The highest BCUT2D eigenvalue weighted by Gasteiger charge is 1.93. The van der Waals surface area contributed by atoms with Gasteiger partial charge in [-0.3, -0.25) is 19.6 Å². The smallest absolute Gasteiger partial charge is 0.325 e. The van der Waals surface area contributed by atoms with E-state index in [2.05, 4.69) is 9.98 Å². The van der Waals surface area contributed by atoms with Crippen molar-refractivity contribution >= 4 is 24.4 Å². The molecule has 0 aromatic heterocycles. The molecule has 0 bridgehead atoms. The summed E-state index contributed by atoms with van der Waals surface area (Å²) < 4.78 is 0. The van der Waals surface area contributed by atoms with Crippen LogP contribution >= 0.6 is 0 Å². The summed E-state index contributed by atoms with van der Waals surface area (Å²) in [6.07, 6.45) is 2.93. The molecule has 94 valence electrons. The van der Waals surface area contributed by atoms with Crippen molar-refractivity contribution in [3.05, 3.63) is 35.4 Å². The minimum absolute atomic E-state index is 0.262. The second kappa shape index (κ2) is 6.95. The van der Waals surface area contributed by atoms with Gasteiger partial charge in [-0.25, -0.2) is 0 Å². The highest BCUT2D eigenvalue weighted by atomic mass is 16.4. The van der Waals surface area contributed by atoms with Gasteiger partial charge in [0.1, 0.15) is 13.1 Å². The number of aliphatic imine (C=N–C) groups is 2. The molecule has 0 aliphatic heterocycles. The first-order valence-electron chi connectivity index (χ1n) is 5.11. The molecule has 1 aromatic carbocycles. The molecule has 18 heavy (non-hydrogen) atoms. The van der Waals surface area contributed by atoms with E-state index in [1.165, 1.54) is 12.4 Å². The lowest BCUT2D eigenvalue weighted by Crippen LogP contribution is -2.00. The second-order valence-corrected chi connectivity index (χ2v) is 3.39. The van der Waals surface area contributed by atoms with Gasteiger partial charge in [0.25, 0.3) is 0 Å². The first-order valence-corrected chi connectivity index (χ1v) is 5.11. The first-order chi connectivity index (χ1) is 8.58. The topological polar surface area (TPSA) is 99.3 Å². The Kier molecular flexibility index (Phi) is 5.24. The number of aliphatic carboxylic acids is 2. The van der Waals surface area contributed by atoms with Crippen LogP contribution in [0.5, 0.6) is 0 Å². The van der Waals surface area contributed by atoms with Crippen LogP contribution < -0.4 is 0 Å². The standard InChI is InChI=1S/C12H12N2O4/c15-11(16)7-13-5-9-1-2-10(4-3-9)6-14-8-12(17)18/h1-6H,7-8H2,(H,15,16)(H,17,18). The summed E-state index contributed by atoms with van der Waals surface area (Å²) in [7, 11) is 0. The molecule has 6 heteroatoms. The van der Waals surface area contributed by atoms with E-state index in [4.69, 9.17) is 10.2 Å². The summed E-state index contributed by atoms with van der Waals surface area (Å²) in [5.74, 6) is -1.97. The van der Waals surface area contributed by atoms with E-state index in [-0.39, 0.29) is 13.1 Å². The van der Waals surface area contributed by atoms with Gasteiger partial charge in [-0.1, -0.05) is 24.3 Å². The predicted octanol–water partition coefficient (Wildman–Crippen LogP) is 0.694. The third kappa shape index (κ3) is 5.55. The van der Waals surface area contributed by atoms with Gasteiger partial charge in [0.05, 0.1) is 0 Å². The van der Waals surface area contributed by atoms with Crippen molar-refractivity contribution in [1.82, 2.24) is 0 Å². The normalized spacial score (nSPS) is 11.1. The van der Waals surface area contributed by atoms with Crippen LogP contribution in [0.2, 0.25) is 0 Å². The molecule has 0 spiro atoms. The van der Waals surface area contributed by atoms with Crippen LogP contribution in [0.1, 0.15) is 11.1 Å². The molecule has 2 N–H and O–H groups in total. The van der Waals surface area contributed by atoms with Gasteiger partial charge in [0.2, 0.25) is 0 Å². The van der Waals surface area contributed by atoms with Crippen molar-refractivity contribution in [2.75, 3.05) is 13.1 Å². The van der Waals surface area contributed by atoms with Gasteiger partial charge in [0.15, 0.2) is 0 Å². The maximum absolute atomic E-state index is 10.2. The van der Waals surface area contributed by atoms with Gasteiger partial charge in [-0.15, -0.1) is 0 Å². The molecule has 0 saturated heterocycles. The van der Waals surface area contributed by atoms with Crippen molar-refractivity contribution in [2.45, 2.75) is 0 Å². The van der Waals surface area contributed by atoms with E-state index < -0.39 is 11.9 Å². The molecule has 0 amide bonds. The van der Waals surface area contributed by atoms with Crippen molar-refractivity contribution in [2.24, 2.45) is 9.98 Å². The number of carboxylic acid groups (broad SMARTS) is 2. The number of carbonyl (C=O) groups is 2. The van der Waals surface area contributed by atoms with Crippen LogP contribution in [0.3, 0.4) is 0 Å². The van der Waals surface area contributed by atoms with E-state index in [0.29, 0.717) is 0 Å². The Labute approximate surface area is 103 Å². The van der Waals surface area contributed by atoms with E-state index in [1.807, 2.05) is 0 Å². The van der Waals surface area contributed by atoms with Gasteiger partial charge >= 0.3 is 11.9 Å². The summed E-state index contributed by atoms with van der Waals surface area (Å²) in [5.41, 5.74) is 1.54. The molecule has 0 saturated carbocycles. The largest absolute Gasteiger partial charge is 0.480 e. The molecular formula is C12H12N2O4. The summed E-state index contributed by atoms with van der Waals surface area (Å²) >= 11 is 0. The average molecular weight is 248 g/mol. The number of benzene rings is 1. The molecule has 0 aliphatic carbocycles. The molecule has 6 nitrogen and oxygen atoms in total. The van der Waals surface area contributed by atoms with Crippen molar-refractivity contribution < 1.29 is 19.8 Å². The lowest BCUT2D eigenvalue weighted by molar-refractivity contribution is -0.136. The third-order valence-corrected chi connectivity index (χ3v) is 1.87. The van der Waals surface area contributed by atoms with Gasteiger partial charge in [-0.2, -0.15) is 0 Å². The zero-order valence-corrected chi connectivity index (χ0v) is 9.48. The molecule has 0 heterocycles. The third-order valence-electron chi connectivity index (χ3n) is 1.87. The van der Waals surface area contributed by atoms with Crippen LogP contribution in [0.4, 0.5) is 0 Å². The zero-order valence-electron chi connectivity index (χ0n) is 9.48. The maximum Gasteiger partial charge on any atom is 0.325 e. The van der Waals surface area contributed by atoms with Crippen LogP contribution in [-0.4, -0.2) is 47.7 Å². The fourth-order valence-electron chi connectivity index (χ4n) is 1.13. The van der Waals surface area contributed by atoms with Crippen molar-refractivity contribution in [1.29, 1.82) is 0 Å². The second-order valence-electron chi connectivity index (χ2n) is 3.39. The molecule has 0 radical (unpaired) electrons. The fourth-order valence-corrected chi connectivity index (χ4v) is 1.13.